The number of nitrogens with one attached hydrogen (secondary N) is 1. The van der Waals surface area contributed by atoms with E-state index in [0.717, 1.165) is 66.4 Å². The van der Waals surface area contributed by atoms with Gasteiger partial charge in [-0.25, -0.2) is 9.37 Å². The minimum Gasteiger partial charge on any atom is -0.474 e. The van der Waals surface area contributed by atoms with Crippen LogP contribution in [-0.2, 0) is 19.4 Å². The van der Waals surface area contributed by atoms with Crippen LogP contribution < -0.4 is 10.1 Å². The molecule has 8 heteroatoms. The number of benzene rings is 2. The van der Waals surface area contributed by atoms with Gasteiger partial charge in [-0.1, -0.05) is 29.8 Å². The highest BCUT2D eigenvalue weighted by Gasteiger charge is 2.31. The Bertz CT molecular complexity index is 1350. The molecule has 190 valence electrons. The predicted molar refractivity (Wildman–Crippen MR) is 141 cm³/mol. The average Bonchev–Trinajstić information content (AvgIpc) is 3.25. The largest absolute Gasteiger partial charge is 0.474 e. The summed E-state index contributed by atoms with van der Waals surface area (Å²) >= 11 is 6.42. The summed E-state index contributed by atoms with van der Waals surface area (Å²) in [5.41, 5.74) is 3.33. The summed E-state index contributed by atoms with van der Waals surface area (Å²) in [6.45, 7) is 0.655. The molecule has 1 fully saturated rings. The Morgan fingerprint density at radius 3 is 2.59 bits per heavy atom. The van der Waals surface area contributed by atoms with Crippen LogP contribution in [0.5, 0.6) is 5.88 Å². The second kappa shape index (κ2) is 10.6. The number of fused-ring (bicyclic) bond motifs is 3. The number of ether oxygens (including phenoxy) is 1. The zero-order chi connectivity index (χ0) is 25.2. The van der Waals surface area contributed by atoms with Crippen LogP contribution in [0.4, 0.5) is 4.39 Å². The van der Waals surface area contributed by atoms with Crippen molar-refractivity contribution in [1.29, 1.82) is 0 Å². The fourth-order valence-corrected chi connectivity index (χ4v) is 5.71. The monoisotopic (exact) mass is 517 g/mol. The lowest BCUT2D eigenvalue weighted by molar-refractivity contribution is 0.139. The van der Waals surface area contributed by atoms with Gasteiger partial charge >= 0.3 is 0 Å². The molecule has 1 aliphatic heterocycles. The number of nitrogens with zero attached hydrogens (tertiary/aromatic N) is 4. The molecule has 3 heterocycles. The van der Waals surface area contributed by atoms with Gasteiger partial charge in [0, 0.05) is 42.2 Å². The van der Waals surface area contributed by atoms with Gasteiger partial charge in [0.2, 0.25) is 5.88 Å². The highest BCUT2D eigenvalue weighted by atomic mass is 35.5. The molecule has 1 saturated carbocycles. The molecule has 1 atom stereocenters. The third kappa shape index (κ3) is 5.38. The number of hydrogen-bond acceptors (Lipinski definition) is 5. The Kier molecular flexibility index (Phi) is 6.89. The van der Waals surface area contributed by atoms with E-state index in [1.54, 1.807) is 6.20 Å². The summed E-state index contributed by atoms with van der Waals surface area (Å²) in [4.78, 5) is 4.31. The summed E-state index contributed by atoms with van der Waals surface area (Å²) in [5.74, 6) is 2.76. The van der Waals surface area contributed by atoms with Gasteiger partial charge in [0.05, 0.1) is 5.69 Å². The quantitative estimate of drug-likeness (QED) is 0.349. The first-order valence-corrected chi connectivity index (χ1v) is 13.3. The maximum atomic E-state index is 13.3. The van der Waals surface area contributed by atoms with E-state index in [4.69, 9.17) is 21.4 Å². The minimum atomic E-state index is -0.222. The average molecular weight is 518 g/mol. The zero-order valence-electron chi connectivity index (χ0n) is 20.5. The van der Waals surface area contributed by atoms with Crippen molar-refractivity contribution in [2.75, 3.05) is 0 Å². The van der Waals surface area contributed by atoms with Crippen molar-refractivity contribution in [1.82, 2.24) is 25.1 Å². The molecule has 0 saturated heterocycles. The fourth-order valence-electron chi connectivity index (χ4n) is 5.52. The summed E-state index contributed by atoms with van der Waals surface area (Å²) in [7, 11) is 0. The van der Waals surface area contributed by atoms with Gasteiger partial charge in [0.1, 0.15) is 23.6 Å². The minimum absolute atomic E-state index is 0.156. The van der Waals surface area contributed by atoms with Gasteiger partial charge in [-0.3, -0.25) is 4.57 Å². The molecule has 0 spiro atoms. The van der Waals surface area contributed by atoms with E-state index in [1.807, 2.05) is 36.4 Å². The molecule has 1 N–H and O–H groups in total. The van der Waals surface area contributed by atoms with Crippen LogP contribution in [-0.4, -0.2) is 31.9 Å². The Morgan fingerprint density at radius 2 is 1.81 bits per heavy atom. The first-order valence-electron chi connectivity index (χ1n) is 12.9. The fraction of sp³-hybridized carbons (Fsp3) is 0.345. The Balaban J connectivity index is 1.21. The van der Waals surface area contributed by atoms with Crippen molar-refractivity contribution >= 4 is 11.6 Å². The van der Waals surface area contributed by atoms with Crippen LogP contribution >= 0.6 is 11.6 Å². The number of halogens is 2. The molecular weight excluding hydrogens is 489 g/mol. The highest BCUT2D eigenvalue weighted by Crippen LogP contribution is 2.37. The van der Waals surface area contributed by atoms with E-state index in [2.05, 4.69) is 32.1 Å². The van der Waals surface area contributed by atoms with Crippen LogP contribution in [0.3, 0.4) is 0 Å². The van der Waals surface area contributed by atoms with Gasteiger partial charge in [-0.05, 0) is 79.6 Å². The summed E-state index contributed by atoms with van der Waals surface area (Å²) in [6.07, 6.45) is 7.40. The third-order valence-corrected chi connectivity index (χ3v) is 7.64. The van der Waals surface area contributed by atoms with Crippen molar-refractivity contribution in [2.24, 2.45) is 0 Å². The molecule has 0 bridgehead atoms. The summed E-state index contributed by atoms with van der Waals surface area (Å²) in [5, 5.41) is 13.7. The first-order chi connectivity index (χ1) is 18.1. The SMILES string of the molecule is Fc1ccc(CN[C@H]2Cc3cc(Cl)ccc3-n3c(nnc3[C@H]3CC[C@H](Oc4ccccn4)CC3)C2)cc1. The third-order valence-electron chi connectivity index (χ3n) is 7.41. The van der Waals surface area contributed by atoms with Crippen LogP contribution in [0.1, 0.15) is 54.4 Å². The van der Waals surface area contributed by atoms with Gasteiger partial charge in [0.25, 0.3) is 0 Å². The normalized spacial score (nSPS) is 21.1. The van der Waals surface area contributed by atoms with Gasteiger partial charge in [-0.2, -0.15) is 0 Å². The lowest BCUT2D eigenvalue weighted by atomic mass is 9.86. The smallest absolute Gasteiger partial charge is 0.213 e. The standard InChI is InChI=1S/C29H29ClFN5O/c30-22-8-13-26-21(15-22)16-24(33-18-19-4-9-23(31)10-5-19)17-27-34-35-29(36(26)27)20-6-11-25(12-7-20)37-28-3-1-2-14-32-28/h1-5,8-10,13-15,20,24-25,33H,6-7,11-12,16-18H2/t20-,24-,25-/m0/s1. The van der Waals surface area contributed by atoms with Crippen molar-refractivity contribution in [3.05, 3.63) is 100 Å². The Morgan fingerprint density at radius 1 is 0.973 bits per heavy atom. The molecule has 6 rings (SSSR count). The van der Waals surface area contributed by atoms with E-state index in [-0.39, 0.29) is 18.0 Å². The maximum Gasteiger partial charge on any atom is 0.213 e. The van der Waals surface area contributed by atoms with E-state index in [9.17, 15) is 4.39 Å². The van der Waals surface area contributed by atoms with Crippen LogP contribution in [0.25, 0.3) is 5.69 Å². The number of rotatable bonds is 6. The topological polar surface area (TPSA) is 64.9 Å². The van der Waals surface area contributed by atoms with Crippen molar-refractivity contribution in [3.63, 3.8) is 0 Å². The Hall–Kier alpha value is -3.29. The van der Waals surface area contributed by atoms with Gasteiger partial charge in [0.15, 0.2) is 0 Å². The molecule has 2 aromatic heterocycles. The molecule has 4 aromatic rings. The van der Waals surface area contributed by atoms with Crippen LogP contribution in [0, 0.1) is 5.82 Å². The van der Waals surface area contributed by atoms with E-state index in [0.29, 0.717) is 18.3 Å². The predicted octanol–water partition coefficient (Wildman–Crippen LogP) is 5.82. The molecule has 1 aliphatic carbocycles. The van der Waals surface area contributed by atoms with E-state index >= 15 is 0 Å². The molecular formula is C29H29ClFN5O. The first kappa shape index (κ1) is 24.1. The van der Waals surface area contributed by atoms with Crippen molar-refractivity contribution < 1.29 is 9.13 Å². The molecule has 2 aliphatic rings. The molecule has 0 radical (unpaired) electrons. The van der Waals surface area contributed by atoms with E-state index in [1.165, 1.54) is 17.7 Å². The zero-order valence-corrected chi connectivity index (χ0v) is 21.2. The van der Waals surface area contributed by atoms with Gasteiger partial charge in [-0.15, -0.1) is 10.2 Å². The van der Waals surface area contributed by atoms with Gasteiger partial charge < -0.3 is 10.1 Å². The van der Waals surface area contributed by atoms with E-state index < -0.39 is 0 Å². The Labute approximate surface area is 220 Å². The summed E-state index contributed by atoms with van der Waals surface area (Å²) in [6, 6.07) is 18.6. The second-order valence-electron chi connectivity index (χ2n) is 9.95. The maximum absolute atomic E-state index is 13.3. The van der Waals surface area contributed by atoms with Crippen molar-refractivity contribution in [3.8, 4) is 11.6 Å². The molecule has 37 heavy (non-hydrogen) atoms. The number of aromatic nitrogens is 4. The lowest BCUT2D eigenvalue weighted by Crippen LogP contribution is -2.32. The highest BCUT2D eigenvalue weighted by molar-refractivity contribution is 6.30. The lowest BCUT2D eigenvalue weighted by Gasteiger charge is -2.28. The van der Waals surface area contributed by atoms with Crippen LogP contribution in [0.2, 0.25) is 5.02 Å². The summed E-state index contributed by atoms with van der Waals surface area (Å²) < 4.78 is 21.7. The second-order valence-corrected chi connectivity index (χ2v) is 10.4. The molecule has 0 unspecified atom stereocenters. The molecule has 2 aromatic carbocycles. The molecule has 6 nitrogen and oxygen atoms in total. The number of pyridine rings is 1. The van der Waals surface area contributed by atoms with Crippen LogP contribution in [0.15, 0.2) is 66.9 Å². The van der Waals surface area contributed by atoms with Crippen molar-refractivity contribution in [2.45, 2.75) is 63.1 Å². The molecule has 0 amide bonds. The number of hydrogen-bond donors (Lipinski definition) is 1.